The number of aromatic nitrogens is 3. The second kappa shape index (κ2) is 19.1. The Balaban J connectivity index is 1.82. The second-order valence-corrected chi connectivity index (χ2v) is 13.3. The molecule has 1 aromatic carbocycles. The number of pyridine rings is 1. The van der Waals surface area contributed by atoms with E-state index in [9.17, 15) is 9.59 Å². The monoisotopic (exact) mass is 660 g/mol. The van der Waals surface area contributed by atoms with Crippen molar-refractivity contribution < 1.29 is 14.3 Å². The Bertz CT molecular complexity index is 1310. The molecule has 0 saturated carbocycles. The third-order valence-electron chi connectivity index (χ3n) is 7.41. The van der Waals surface area contributed by atoms with Gasteiger partial charge in [-0.1, -0.05) is 120 Å². The molecule has 44 heavy (non-hydrogen) atoms. The molecule has 0 atom stereocenters. The number of unbranched alkanes of at least 4 members (excludes halogenated alkanes) is 10. The van der Waals surface area contributed by atoms with Crippen molar-refractivity contribution in [2.75, 3.05) is 12.0 Å². The fourth-order valence-electron chi connectivity index (χ4n) is 5.05. The van der Waals surface area contributed by atoms with Crippen LogP contribution in [0.1, 0.15) is 115 Å². The number of imide groups is 1. The highest BCUT2D eigenvalue weighted by Crippen LogP contribution is 2.39. The van der Waals surface area contributed by atoms with Crippen LogP contribution in [0, 0.1) is 0 Å². The predicted octanol–water partition coefficient (Wildman–Crippen LogP) is 10.7. The van der Waals surface area contributed by atoms with Crippen molar-refractivity contribution in [3.63, 3.8) is 0 Å². The number of amides is 2. The number of carbonyl (C=O) groups is 2. The summed E-state index contributed by atoms with van der Waals surface area (Å²) >= 11 is 14.1. The number of nitrogens with zero attached hydrogens (tertiary/aromatic N) is 4. The van der Waals surface area contributed by atoms with Crippen LogP contribution in [0.2, 0.25) is 10.0 Å². The van der Waals surface area contributed by atoms with Gasteiger partial charge in [-0.3, -0.25) is 14.3 Å². The molecule has 0 aliphatic rings. The van der Waals surface area contributed by atoms with Gasteiger partial charge in [0.2, 0.25) is 11.9 Å². The van der Waals surface area contributed by atoms with Crippen LogP contribution < -0.4 is 4.90 Å². The van der Waals surface area contributed by atoms with E-state index in [2.05, 4.69) is 11.9 Å². The van der Waals surface area contributed by atoms with Crippen LogP contribution in [-0.4, -0.2) is 33.6 Å². The van der Waals surface area contributed by atoms with Crippen molar-refractivity contribution in [3.8, 4) is 0 Å². The first-order valence-corrected chi connectivity index (χ1v) is 17.4. The van der Waals surface area contributed by atoms with Gasteiger partial charge in [0.1, 0.15) is 5.03 Å². The molecule has 10 heteroatoms. The van der Waals surface area contributed by atoms with Crippen molar-refractivity contribution in [1.82, 2.24) is 14.5 Å². The highest BCUT2D eigenvalue weighted by atomic mass is 35.5. The normalized spacial score (nSPS) is 11.2. The highest BCUT2D eigenvalue weighted by molar-refractivity contribution is 7.99. The second-order valence-electron chi connectivity index (χ2n) is 11.4. The number of anilines is 1. The van der Waals surface area contributed by atoms with E-state index in [1.807, 2.05) is 42.7 Å². The van der Waals surface area contributed by atoms with Gasteiger partial charge in [-0.05, 0) is 48.2 Å². The average Bonchev–Trinajstić information content (AvgIpc) is 3.33. The average molecular weight is 662 g/mol. The number of halogens is 2. The first-order chi connectivity index (χ1) is 21.2. The highest BCUT2D eigenvalue weighted by Gasteiger charge is 2.32. The van der Waals surface area contributed by atoms with Crippen molar-refractivity contribution in [2.45, 2.75) is 120 Å². The Morgan fingerprint density at radius 2 is 1.48 bits per heavy atom. The van der Waals surface area contributed by atoms with Gasteiger partial charge in [0.15, 0.2) is 0 Å². The summed E-state index contributed by atoms with van der Waals surface area (Å²) in [5.74, 6) is -0.0849. The maximum absolute atomic E-state index is 13.7. The van der Waals surface area contributed by atoms with Gasteiger partial charge in [0.05, 0.1) is 19.3 Å². The Kier molecular flexibility index (Phi) is 15.6. The molecule has 2 aromatic heterocycles. The van der Waals surface area contributed by atoms with Gasteiger partial charge in [0, 0.05) is 33.8 Å². The van der Waals surface area contributed by atoms with Crippen molar-refractivity contribution in [1.29, 1.82) is 0 Å². The number of carbonyl (C=O) groups excluding carboxylic acids is 2. The van der Waals surface area contributed by atoms with Gasteiger partial charge in [-0.15, -0.1) is 0 Å². The summed E-state index contributed by atoms with van der Waals surface area (Å²) in [5, 5.41) is 1.83. The summed E-state index contributed by atoms with van der Waals surface area (Å²) < 4.78 is 7.02. The molecule has 0 spiro atoms. The summed E-state index contributed by atoms with van der Waals surface area (Å²) in [4.78, 5) is 37.8. The Morgan fingerprint density at radius 3 is 2.02 bits per heavy atom. The first kappa shape index (κ1) is 35.9. The van der Waals surface area contributed by atoms with Crippen molar-refractivity contribution in [2.24, 2.45) is 0 Å². The number of methoxy groups -OCH3 is 1. The number of hydrogen-bond acceptors (Lipinski definition) is 6. The number of hydrogen-bond donors (Lipinski definition) is 0. The molecule has 0 aliphatic heterocycles. The molecule has 3 aromatic rings. The molecule has 0 aliphatic carbocycles. The Hall–Kier alpha value is -2.55. The third kappa shape index (κ3) is 11.1. The molecule has 240 valence electrons. The molecule has 0 radical (unpaired) electrons. The van der Waals surface area contributed by atoms with Crippen LogP contribution in [-0.2, 0) is 16.1 Å². The molecule has 3 rings (SSSR count). The fourth-order valence-corrected chi connectivity index (χ4v) is 6.94. The number of imidazole rings is 1. The van der Waals surface area contributed by atoms with E-state index in [0.717, 1.165) is 38.9 Å². The summed E-state index contributed by atoms with van der Waals surface area (Å²) in [6.07, 6.45) is 15.9. The zero-order valence-corrected chi connectivity index (χ0v) is 28.8. The zero-order chi connectivity index (χ0) is 31.9. The molecule has 2 heterocycles. The molecule has 0 fully saturated rings. The van der Waals surface area contributed by atoms with Crippen LogP contribution in [0.3, 0.4) is 0 Å². The van der Waals surface area contributed by atoms with Gasteiger partial charge < -0.3 is 4.74 Å². The minimum absolute atomic E-state index is 0.00541. The molecule has 0 N–H and O–H groups in total. The van der Waals surface area contributed by atoms with Gasteiger partial charge in [0.25, 0.3) is 0 Å². The summed E-state index contributed by atoms with van der Waals surface area (Å²) in [6.45, 7) is 6.68. The molecule has 2 amide bonds. The summed E-state index contributed by atoms with van der Waals surface area (Å²) in [7, 11) is 1.29. The summed E-state index contributed by atoms with van der Waals surface area (Å²) in [5.41, 5.74) is 1.70. The van der Waals surface area contributed by atoms with E-state index in [4.69, 9.17) is 32.9 Å². The van der Waals surface area contributed by atoms with Crippen LogP contribution >= 0.6 is 35.0 Å². The maximum atomic E-state index is 13.7. The SMILES string of the molecule is CCCCCCCCCCCCCC(=O)N(C(=O)OC)c1nc(C(C)C)c(Sc2cc(Cl)cc(Cl)c2)n1Cc1ccncc1. The molecule has 0 bridgehead atoms. The van der Waals surface area contributed by atoms with Crippen LogP contribution in [0.5, 0.6) is 0 Å². The molecule has 0 unspecified atom stereocenters. The lowest BCUT2D eigenvalue weighted by molar-refractivity contribution is -0.118. The standard InChI is InChI=1S/C34H46Cl2N4O3S/c1-5-6-7-8-9-10-11-12-13-14-15-16-30(41)40(34(42)43-4)33-38-31(25(2)3)32(39(33)24-26-17-19-37-20-18-26)44-29-22-27(35)21-28(36)23-29/h17-23,25H,5-16,24H2,1-4H3. The first-order valence-electron chi connectivity index (χ1n) is 15.8. The summed E-state index contributed by atoms with van der Waals surface area (Å²) in [6, 6.07) is 9.16. The Labute approximate surface area is 277 Å². The van der Waals surface area contributed by atoms with Crippen LogP contribution in [0.4, 0.5) is 10.7 Å². The van der Waals surface area contributed by atoms with Crippen molar-refractivity contribution >= 4 is 52.9 Å². The minimum Gasteiger partial charge on any atom is -0.452 e. The molecule has 7 nitrogen and oxygen atoms in total. The zero-order valence-electron chi connectivity index (χ0n) is 26.5. The van der Waals surface area contributed by atoms with E-state index in [0.29, 0.717) is 23.0 Å². The Morgan fingerprint density at radius 1 is 0.909 bits per heavy atom. The number of benzene rings is 1. The van der Waals surface area contributed by atoms with E-state index < -0.39 is 6.09 Å². The van der Waals surface area contributed by atoms with Crippen LogP contribution in [0.25, 0.3) is 0 Å². The smallest absolute Gasteiger partial charge is 0.423 e. The number of ether oxygens (including phenoxy) is 1. The van der Waals surface area contributed by atoms with E-state index in [1.165, 1.54) is 70.2 Å². The van der Waals surface area contributed by atoms with Crippen LogP contribution in [0.15, 0.2) is 52.6 Å². The molecular weight excluding hydrogens is 615 g/mol. The predicted molar refractivity (Wildman–Crippen MR) is 181 cm³/mol. The van der Waals surface area contributed by atoms with Gasteiger partial charge >= 0.3 is 6.09 Å². The lowest BCUT2D eigenvalue weighted by atomic mass is 10.1. The lowest BCUT2D eigenvalue weighted by Crippen LogP contribution is -2.39. The van der Waals surface area contributed by atoms with E-state index in [-0.39, 0.29) is 24.2 Å². The number of rotatable bonds is 18. The van der Waals surface area contributed by atoms with Gasteiger partial charge in [-0.25, -0.2) is 9.78 Å². The topological polar surface area (TPSA) is 77.3 Å². The minimum atomic E-state index is -0.753. The quantitative estimate of drug-likeness (QED) is 0.126. The maximum Gasteiger partial charge on any atom is 0.423 e. The third-order valence-corrected chi connectivity index (χ3v) is 8.95. The molecular formula is C34H46Cl2N4O3S. The van der Waals surface area contributed by atoms with Crippen molar-refractivity contribution in [3.05, 3.63) is 64.0 Å². The van der Waals surface area contributed by atoms with E-state index >= 15 is 0 Å². The van der Waals surface area contributed by atoms with E-state index in [1.54, 1.807) is 18.5 Å². The molecule has 0 saturated heterocycles. The fraction of sp³-hybridized carbons (Fsp3) is 0.529. The van der Waals surface area contributed by atoms with Gasteiger partial charge in [-0.2, -0.15) is 4.90 Å². The largest absolute Gasteiger partial charge is 0.452 e. The lowest BCUT2D eigenvalue weighted by Gasteiger charge is -2.21.